The highest BCUT2D eigenvalue weighted by molar-refractivity contribution is 7.89. The normalized spacial score (nSPS) is 17.8. The molecule has 8 heteroatoms. The monoisotopic (exact) mass is 443 g/mol. The number of nitrogens with one attached hydrogen (secondary N) is 1. The molecule has 1 aromatic heterocycles. The third kappa shape index (κ3) is 4.40. The van der Waals surface area contributed by atoms with Crippen LogP contribution in [0.5, 0.6) is 0 Å². The number of piperidine rings is 1. The number of thiazole rings is 1. The van der Waals surface area contributed by atoms with Gasteiger partial charge < -0.3 is 5.32 Å². The van der Waals surface area contributed by atoms with Gasteiger partial charge in [0.1, 0.15) is 0 Å². The van der Waals surface area contributed by atoms with Crippen molar-refractivity contribution >= 4 is 37.5 Å². The van der Waals surface area contributed by atoms with Gasteiger partial charge in [0.15, 0.2) is 5.01 Å². The Labute approximate surface area is 181 Å². The molecule has 1 unspecified atom stereocenters. The highest BCUT2D eigenvalue weighted by Crippen LogP contribution is 2.27. The smallest absolute Gasteiger partial charge is 0.280 e. The molecule has 1 atom stereocenters. The van der Waals surface area contributed by atoms with Gasteiger partial charge in [0.2, 0.25) is 10.0 Å². The largest absolute Gasteiger partial charge is 0.350 e. The van der Waals surface area contributed by atoms with Gasteiger partial charge in [-0.3, -0.25) is 4.79 Å². The first kappa shape index (κ1) is 21.0. The number of hydrogen-bond donors (Lipinski definition) is 1. The van der Waals surface area contributed by atoms with E-state index in [1.165, 1.54) is 11.3 Å². The molecule has 0 aliphatic carbocycles. The Bertz CT molecular complexity index is 1110. The van der Waals surface area contributed by atoms with Crippen LogP contribution in [0.3, 0.4) is 0 Å². The van der Waals surface area contributed by atoms with E-state index in [0.717, 1.165) is 35.0 Å². The number of sulfonamides is 1. The second kappa shape index (κ2) is 8.83. The summed E-state index contributed by atoms with van der Waals surface area (Å²) in [5.74, 6) is -0.208. The fourth-order valence-corrected chi connectivity index (χ4v) is 6.43. The average molecular weight is 444 g/mol. The molecule has 2 aromatic carbocycles. The van der Waals surface area contributed by atoms with Crippen LogP contribution in [0, 0.1) is 6.92 Å². The fraction of sp³-hybridized carbons (Fsp3) is 0.364. The molecule has 1 aliphatic heterocycles. The number of amides is 1. The lowest BCUT2D eigenvalue weighted by atomic mass is 10.0. The fourth-order valence-electron chi connectivity index (χ4n) is 3.82. The van der Waals surface area contributed by atoms with Gasteiger partial charge in [-0.2, -0.15) is 4.31 Å². The van der Waals surface area contributed by atoms with Crippen molar-refractivity contribution in [2.24, 2.45) is 0 Å². The first-order chi connectivity index (χ1) is 14.4. The number of para-hydroxylation sites is 1. The molecule has 30 heavy (non-hydrogen) atoms. The van der Waals surface area contributed by atoms with Crippen LogP contribution in [0.1, 0.15) is 41.0 Å². The number of rotatable bonds is 6. The Kier molecular flexibility index (Phi) is 6.17. The number of carbonyl (C=O) groups is 1. The molecule has 4 rings (SSSR count). The molecule has 1 fully saturated rings. The van der Waals surface area contributed by atoms with Crippen LogP contribution >= 0.6 is 11.3 Å². The summed E-state index contributed by atoms with van der Waals surface area (Å²) >= 11 is 1.37. The van der Waals surface area contributed by atoms with E-state index in [0.29, 0.717) is 29.4 Å². The maximum atomic E-state index is 13.2. The lowest BCUT2D eigenvalue weighted by Crippen LogP contribution is -2.45. The van der Waals surface area contributed by atoms with E-state index in [4.69, 9.17) is 0 Å². The Balaban J connectivity index is 1.41. The highest BCUT2D eigenvalue weighted by atomic mass is 32.2. The number of fused-ring (bicyclic) bond motifs is 1. The number of hydrogen-bond acceptors (Lipinski definition) is 5. The maximum Gasteiger partial charge on any atom is 0.280 e. The molecule has 2 heterocycles. The summed E-state index contributed by atoms with van der Waals surface area (Å²) in [6.45, 7) is 2.88. The number of nitrogens with zero attached hydrogens (tertiary/aromatic N) is 2. The summed E-state index contributed by atoms with van der Waals surface area (Å²) in [6, 6.07) is 14.5. The molecule has 1 amide bonds. The summed E-state index contributed by atoms with van der Waals surface area (Å²) < 4.78 is 28.9. The lowest BCUT2D eigenvalue weighted by molar-refractivity contribution is 0.0949. The Morgan fingerprint density at radius 2 is 1.93 bits per heavy atom. The van der Waals surface area contributed by atoms with Crippen LogP contribution in [-0.2, 0) is 10.0 Å². The summed E-state index contributed by atoms with van der Waals surface area (Å²) in [7, 11) is -3.54. The molecule has 0 bridgehead atoms. The molecule has 1 N–H and O–H groups in total. The zero-order chi connectivity index (χ0) is 21.1. The molecule has 0 spiro atoms. The minimum Gasteiger partial charge on any atom is -0.350 e. The van der Waals surface area contributed by atoms with Gasteiger partial charge in [-0.15, -0.1) is 11.3 Å². The standard InChI is InChI=1S/C22H25N3O3S2/c1-16-9-11-18(12-10-16)30(27,28)25-15-5-4-6-17(25)13-14-23-21(26)22-24-19-7-2-3-8-20(19)29-22/h2-3,7-12,17H,4-6,13-15H2,1H3,(H,23,26). The van der Waals surface area contributed by atoms with Crippen molar-refractivity contribution in [3.63, 3.8) is 0 Å². The Hall–Kier alpha value is -2.29. The first-order valence-corrected chi connectivity index (χ1v) is 12.4. The van der Waals surface area contributed by atoms with Gasteiger partial charge in [-0.05, 0) is 50.5 Å². The van der Waals surface area contributed by atoms with Gasteiger partial charge in [-0.25, -0.2) is 13.4 Å². The number of carbonyl (C=O) groups excluding carboxylic acids is 1. The predicted molar refractivity (Wildman–Crippen MR) is 119 cm³/mol. The van der Waals surface area contributed by atoms with Crippen LogP contribution in [0.25, 0.3) is 10.2 Å². The molecular weight excluding hydrogens is 418 g/mol. The second-order valence-corrected chi connectivity index (χ2v) is 10.5. The molecule has 1 aliphatic rings. The van der Waals surface area contributed by atoms with Crippen molar-refractivity contribution in [1.82, 2.24) is 14.6 Å². The van der Waals surface area contributed by atoms with Crippen LogP contribution in [0.15, 0.2) is 53.4 Å². The van der Waals surface area contributed by atoms with Crippen LogP contribution in [0.2, 0.25) is 0 Å². The van der Waals surface area contributed by atoms with E-state index in [1.807, 2.05) is 43.3 Å². The van der Waals surface area contributed by atoms with E-state index in [1.54, 1.807) is 16.4 Å². The van der Waals surface area contributed by atoms with Crippen molar-refractivity contribution < 1.29 is 13.2 Å². The van der Waals surface area contributed by atoms with E-state index < -0.39 is 10.0 Å². The maximum absolute atomic E-state index is 13.2. The lowest BCUT2D eigenvalue weighted by Gasteiger charge is -2.34. The number of aryl methyl sites for hydroxylation is 1. The predicted octanol–water partition coefficient (Wildman–Crippen LogP) is 3.97. The van der Waals surface area contributed by atoms with Crippen molar-refractivity contribution in [3.8, 4) is 0 Å². The molecule has 1 saturated heterocycles. The van der Waals surface area contributed by atoms with E-state index >= 15 is 0 Å². The zero-order valence-corrected chi connectivity index (χ0v) is 18.5. The van der Waals surface area contributed by atoms with Crippen molar-refractivity contribution in [2.75, 3.05) is 13.1 Å². The van der Waals surface area contributed by atoms with Gasteiger partial charge in [-0.1, -0.05) is 36.2 Å². The Morgan fingerprint density at radius 3 is 2.70 bits per heavy atom. The topological polar surface area (TPSA) is 79.4 Å². The SMILES string of the molecule is Cc1ccc(S(=O)(=O)N2CCCCC2CCNC(=O)c2nc3ccccc3s2)cc1. The zero-order valence-electron chi connectivity index (χ0n) is 16.9. The summed E-state index contributed by atoms with van der Waals surface area (Å²) in [5.41, 5.74) is 1.84. The van der Waals surface area contributed by atoms with Crippen molar-refractivity contribution in [1.29, 1.82) is 0 Å². The molecular formula is C22H25N3O3S2. The third-order valence-electron chi connectivity index (χ3n) is 5.45. The van der Waals surface area contributed by atoms with Crippen LogP contribution < -0.4 is 5.32 Å². The molecule has 6 nitrogen and oxygen atoms in total. The molecule has 0 radical (unpaired) electrons. The first-order valence-electron chi connectivity index (χ1n) is 10.2. The summed E-state index contributed by atoms with van der Waals surface area (Å²) in [6.07, 6.45) is 3.25. The Morgan fingerprint density at radius 1 is 1.17 bits per heavy atom. The molecule has 158 valence electrons. The van der Waals surface area contributed by atoms with Crippen molar-refractivity contribution in [2.45, 2.75) is 43.5 Å². The van der Waals surface area contributed by atoms with Gasteiger partial charge in [0.25, 0.3) is 5.91 Å². The number of aromatic nitrogens is 1. The minimum absolute atomic E-state index is 0.110. The van der Waals surface area contributed by atoms with Gasteiger partial charge >= 0.3 is 0 Å². The van der Waals surface area contributed by atoms with E-state index in [2.05, 4.69) is 10.3 Å². The van der Waals surface area contributed by atoms with Crippen LogP contribution in [0.4, 0.5) is 0 Å². The van der Waals surface area contributed by atoms with Gasteiger partial charge in [0, 0.05) is 19.1 Å². The van der Waals surface area contributed by atoms with E-state index in [9.17, 15) is 13.2 Å². The highest BCUT2D eigenvalue weighted by Gasteiger charge is 2.33. The van der Waals surface area contributed by atoms with Crippen molar-refractivity contribution in [3.05, 3.63) is 59.1 Å². The number of benzene rings is 2. The third-order valence-corrected chi connectivity index (χ3v) is 8.45. The molecule has 0 saturated carbocycles. The van der Waals surface area contributed by atoms with Crippen LogP contribution in [-0.4, -0.2) is 42.7 Å². The summed E-state index contributed by atoms with van der Waals surface area (Å²) in [5, 5.41) is 3.35. The second-order valence-electron chi connectivity index (χ2n) is 7.61. The molecule has 3 aromatic rings. The minimum atomic E-state index is -3.54. The van der Waals surface area contributed by atoms with E-state index in [-0.39, 0.29) is 11.9 Å². The quantitative estimate of drug-likeness (QED) is 0.625. The summed E-state index contributed by atoms with van der Waals surface area (Å²) in [4.78, 5) is 17.2. The van der Waals surface area contributed by atoms with Gasteiger partial charge in [0.05, 0.1) is 15.1 Å². The average Bonchev–Trinajstić information content (AvgIpc) is 3.19.